The van der Waals surface area contributed by atoms with E-state index >= 15 is 0 Å². The number of carbonyl (C=O) groups is 2. The van der Waals surface area contributed by atoms with E-state index in [9.17, 15) is 9.59 Å². The molecule has 0 heterocycles. The molecule has 2 amide bonds. The SMILES string of the molecule is CN(C)C(=O)[C@@H]1CCC[C@H]1C(=O)N(C)C. The van der Waals surface area contributed by atoms with Crippen LogP contribution in [-0.4, -0.2) is 49.8 Å². The fraction of sp³-hybridized carbons (Fsp3) is 0.818. The lowest BCUT2D eigenvalue weighted by Crippen LogP contribution is -2.38. The molecule has 4 heteroatoms. The first-order valence-corrected chi connectivity index (χ1v) is 5.37. The van der Waals surface area contributed by atoms with Crippen LogP contribution in [0.2, 0.25) is 0 Å². The summed E-state index contributed by atoms with van der Waals surface area (Å²) in [5.74, 6) is -0.0230. The molecule has 86 valence electrons. The van der Waals surface area contributed by atoms with E-state index in [2.05, 4.69) is 0 Å². The lowest BCUT2D eigenvalue weighted by Gasteiger charge is -2.24. The van der Waals surface area contributed by atoms with Gasteiger partial charge in [-0.15, -0.1) is 0 Å². The number of amides is 2. The van der Waals surface area contributed by atoms with Gasteiger partial charge < -0.3 is 9.80 Å². The van der Waals surface area contributed by atoms with Crippen LogP contribution >= 0.6 is 0 Å². The molecule has 1 aliphatic rings. The molecule has 0 radical (unpaired) electrons. The van der Waals surface area contributed by atoms with Crippen molar-refractivity contribution >= 4 is 11.8 Å². The molecule has 1 fully saturated rings. The van der Waals surface area contributed by atoms with Gasteiger partial charge in [0.05, 0.1) is 0 Å². The van der Waals surface area contributed by atoms with Crippen LogP contribution in [-0.2, 0) is 9.59 Å². The molecule has 0 N–H and O–H groups in total. The number of hydrogen-bond donors (Lipinski definition) is 0. The summed E-state index contributed by atoms with van der Waals surface area (Å²) in [5, 5.41) is 0. The summed E-state index contributed by atoms with van der Waals surface area (Å²) in [7, 11) is 6.99. The van der Waals surface area contributed by atoms with E-state index in [1.165, 1.54) is 0 Å². The van der Waals surface area contributed by atoms with Crippen molar-refractivity contribution in [3.8, 4) is 0 Å². The Morgan fingerprint density at radius 3 is 1.47 bits per heavy atom. The Morgan fingerprint density at radius 2 is 1.20 bits per heavy atom. The molecule has 0 aromatic carbocycles. The predicted octanol–water partition coefficient (Wildman–Crippen LogP) is 0.579. The van der Waals surface area contributed by atoms with E-state index in [4.69, 9.17) is 0 Å². The van der Waals surface area contributed by atoms with Crippen LogP contribution in [0.4, 0.5) is 0 Å². The van der Waals surface area contributed by atoms with Crippen LogP contribution in [0.3, 0.4) is 0 Å². The fourth-order valence-corrected chi connectivity index (χ4v) is 2.21. The van der Waals surface area contributed by atoms with E-state index in [0.29, 0.717) is 0 Å². The third-order valence-corrected chi connectivity index (χ3v) is 3.03. The van der Waals surface area contributed by atoms with E-state index < -0.39 is 0 Å². The second-order valence-electron chi connectivity index (χ2n) is 4.61. The van der Waals surface area contributed by atoms with Gasteiger partial charge >= 0.3 is 0 Å². The molecular weight excluding hydrogens is 192 g/mol. The van der Waals surface area contributed by atoms with E-state index in [-0.39, 0.29) is 23.7 Å². The van der Waals surface area contributed by atoms with Crippen LogP contribution < -0.4 is 0 Å². The highest BCUT2D eigenvalue weighted by molar-refractivity contribution is 5.87. The van der Waals surface area contributed by atoms with Crippen LogP contribution in [0.15, 0.2) is 0 Å². The molecule has 0 aromatic rings. The first-order valence-electron chi connectivity index (χ1n) is 5.37. The summed E-state index contributed by atoms with van der Waals surface area (Å²) < 4.78 is 0. The molecule has 0 saturated heterocycles. The van der Waals surface area contributed by atoms with Gasteiger partial charge in [-0.05, 0) is 12.8 Å². The Bertz CT molecular complexity index is 235. The van der Waals surface area contributed by atoms with Gasteiger partial charge in [-0.25, -0.2) is 0 Å². The van der Waals surface area contributed by atoms with Crippen molar-refractivity contribution in [2.24, 2.45) is 11.8 Å². The quantitative estimate of drug-likeness (QED) is 0.672. The zero-order chi connectivity index (χ0) is 11.6. The molecule has 1 saturated carbocycles. The molecule has 0 aliphatic heterocycles. The maximum absolute atomic E-state index is 11.8. The molecule has 0 bridgehead atoms. The Hall–Kier alpha value is -1.06. The van der Waals surface area contributed by atoms with Crippen molar-refractivity contribution in [1.29, 1.82) is 0 Å². The molecule has 2 atom stereocenters. The smallest absolute Gasteiger partial charge is 0.225 e. The number of nitrogens with zero attached hydrogens (tertiary/aromatic N) is 2. The van der Waals surface area contributed by atoms with E-state index in [1.807, 2.05) is 0 Å². The largest absolute Gasteiger partial charge is 0.349 e. The minimum atomic E-state index is -0.102. The third-order valence-electron chi connectivity index (χ3n) is 3.03. The predicted molar refractivity (Wildman–Crippen MR) is 58.2 cm³/mol. The zero-order valence-electron chi connectivity index (χ0n) is 9.99. The molecule has 15 heavy (non-hydrogen) atoms. The molecule has 4 nitrogen and oxygen atoms in total. The highest BCUT2D eigenvalue weighted by Crippen LogP contribution is 2.33. The summed E-state index contributed by atoms with van der Waals surface area (Å²) in [4.78, 5) is 26.9. The summed E-state index contributed by atoms with van der Waals surface area (Å²) in [6.07, 6.45) is 2.68. The number of carbonyl (C=O) groups excluding carboxylic acids is 2. The highest BCUT2D eigenvalue weighted by Gasteiger charge is 2.38. The zero-order valence-corrected chi connectivity index (χ0v) is 9.99. The van der Waals surface area contributed by atoms with Gasteiger partial charge in [0, 0.05) is 40.0 Å². The number of rotatable bonds is 2. The molecule has 1 aliphatic carbocycles. The normalized spacial score (nSPS) is 25.1. The summed E-state index contributed by atoms with van der Waals surface area (Å²) in [5.41, 5.74) is 0. The summed E-state index contributed by atoms with van der Waals surface area (Å²) >= 11 is 0. The summed E-state index contributed by atoms with van der Waals surface area (Å²) in [6, 6.07) is 0. The molecule has 0 aromatic heterocycles. The topological polar surface area (TPSA) is 40.6 Å². The molecular formula is C11H20N2O2. The Labute approximate surface area is 91.2 Å². The monoisotopic (exact) mass is 212 g/mol. The average Bonchev–Trinajstić information content (AvgIpc) is 2.63. The van der Waals surface area contributed by atoms with Crippen molar-refractivity contribution in [1.82, 2.24) is 9.80 Å². The maximum Gasteiger partial charge on any atom is 0.225 e. The first-order chi connectivity index (χ1) is 6.95. The lowest BCUT2D eigenvalue weighted by molar-refractivity contribution is -0.142. The lowest BCUT2D eigenvalue weighted by atomic mass is 9.93. The second-order valence-corrected chi connectivity index (χ2v) is 4.61. The van der Waals surface area contributed by atoms with Gasteiger partial charge in [-0.2, -0.15) is 0 Å². The van der Waals surface area contributed by atoms with Crippen molar-refractivity contribution in [3.63, 3.8) is 0 Å². The molecule has 1 rings (SSSR count). The van der Waals surface area contributed by atoms with Crippen molar-refractivity contribution in [2.75, 3.05) is 28.2 Å². The van der Waals surface area contributed by atoms with Crippen molar-refractivity contribution < 1.29 is 9.59 Å². The van der Waals surface area contributed by atoms with Gasteiger partial charge in [0.2, 0.25) is 11.8 Å². The van der Waals surface area contributed by atoms with Crippen LogP contribution in [0.5, 0.6) is 0 Å². The van der Waals surface area contributed by atoms with Crippen LogP contribution in [0.1, 0.15) is 19.3 Å². The maximum atomic E-state index is 11.8. The first kappa shape index (κ1) is 12.0. The van der Waals surface area contributed by atoms with E-state index in [1.54, 1.807) is 38.0 Å². The number of hydrogen-bond acceptors (Lipinski definition) is 2. The minimum Gasteiger partial charge on any atom is -0.349 e. The fourth-order valence-electron chi connectivity index (χ4n) is 2.21. The second kappa shape index (κ2) is 4.64. The standard InChI is InChI=1S/C11H20N2O2/c1-12(2)10(14)8-6-5-7-9(8)11(15)13(3)4/h8-9H,5-7H2,1-4H3/t8-,9-/m1/s1. The minimum absolute atomic E-state index is 0.0905. The van der Waals surface area contributed by atoms with Gasteiger partial charge in [-0.3, -0.25) is 9.59 Å². The molecule has 0 unspecified atom stereocenters. The average molecular weight is 212 g/mol. The van der Waals surface area contributed by atoms with Gasteiger partial charge in [-0.1, -0.05) is 6.42 Å². The van der Waals surface area contributed by atoms with Crippen LogP contribution in [0, 0.1) is 11.8 Å². The summed E-state index contributed by atoms with van der Waals surface area (Å²) in [6.45, 7) is 0. The highest BCUT2D eigenvalue weighted by atomic mass is 16.2. The Kier molecular flexibility index (Phi) is 3.72. The van der Waals surface area contributed by atoms with Crippen molar-refractivity contribution in [2.45, 2.75) is 19.3 Å². The van der Waals surface area contributed by atoms with Gasteiger partial charge in [0.15, 0.2) is 0 Å². The third kappa shape index (κ3) is 2.49. The Balaban J connectivity index is 2.73. The molecule has 0 spiro atoms. The van der Waals surface area contributed by atoms with Crippen molar-refractivity contribution in [3.05, 3.63) is 0 Å². The van der Waals surface area contributed by atoms with Gasteiger partial charge in [0.1, 0.15) is 0 Å². The van der Waals surface area contributed by atoms with E-state index in [0.717, 1.165) is 19.3 Å². The van der Waals surface area contributed by atoms with Gasteiger partial charge in [0.25, 0.3) is 0 Å². The Morgan fingerprint density at radius 1 is 0.867 bits per heavy atom. The van der Waals surface area contributed by atoms with Crippen LogP contribution in [0.25, 0.3) is 0 Å².